The van der Waals surface area contributed by atoms with Gasteiger partial charge in [-0.25, -0.2) is 4.79 Å². The van der Waals surface area contributed by atoms with Crippen molar-refractivity contribution in [3.63, 3.8) is 0 Å². The van der Waals surface area contributed by atoms with Gasteiger partial charge in [0.1, 0.15) is 6.10 Å². The smallest absolute Gasteiger partial charge is 0.330 e. The highest BCUT2D eigenvalue weighted by atomic mass is 16.7. The molecule has 0 aliphatic carbocycles. The Bertz CT molecular complexity index is 1330. The van der Waals surface area contributed by atoms with E-state index in [0.717, 1.165) is 38.5 Å². The van der Waals surface area contributed by atoms with Gasteiger partial charge in [-0.3, -0.25) is 9.59 Å². The maximum absolute atomic E-state index is 13.5. The number of methoxy groups -OCH3 is 1. The highest BCUT2D eigenvalue weighted by Crippen LogP contribution is 2.47. The Morgan fingerprint density at radius 3 is 2.19 bits per heavy atom. The molecule has 0 unspecified atom stereocenters. The van der Waals surface area contributed by atoms with Crippen LogP contribution in [0.3, 0.4) is 0 Å². The summed E-state index contributed by atoms with van der Waals surface area (Å²) in [7, 11) is 1.23. The van der Waals surface area contributed by atoms with E-state index in [9.17, 15) is 29.7 Å². The molecule has 0 aromatic rings. The van der Waals surface area contributed by atoms with Crippen LogP contribution in [0.5, 0.6) is 0 Å². The van der Waals surface area contributed by atoms with Crippen LogP contribution in [0.25, 0.3) is 0 Å². The second kappa shape index (κ2) is 24.2. The Morgan fingerprint density at radius 1 is 0.897 bits per heavy atom. The monoisotopic (exact) mass is 823 g/mol. The minimum absolute atomic E-state index is 0.00625. The van der Waals surface area contributed by atoms with Gasteiger partial charge in [0.2, 0.25) is 5.79 Å². The molecule has 3 saturated heterocycles. The van der Waals surface area contributed by atoms with E-state index in [1.165, 1.54) is 65.1 Å². The molecule has 4 heterocycles. The molecule has 13 nitrogen and oxygen atoms in total. The number of carbonyl (C=O) groups excluding carboxylic acids is 3. The molecule has 10 atom stereocenters. The molecule has 3 N–H and O–H groups in total. The first-order chi connectivity index (χ1) is 27.7. The SMILES string of the molecule is CCCCCCCCCCCCCC(=O)O[C@H]1/C(=C/C(=O)OC)C[C@H]2C[C@H]([C@@H](C)O)OC(=O)C[C@H](O)C[C@@H]3CCC[C@H](C[C@@H]4CCO[C@H](/C=C/C(C)(C)[C@]1(O)O2)O4)O3. The molecule has 0 amide bonds. The maximum Gasteiger partial charge on any atom is 0.330 e. The van der Waals surface area contributed by atoms with Crippen molar-refractivity contribution in [2.24, 2.45) is 5.41 Å². The molecule has 4 rings (SSSR count). The van der Waals surface area contributed by atoms with E-state index in [1.54, 1.807) is 26.0 Å². The lowest BCUT2D eigenvalue weighted by Gasteiger charge is -2.51. The zero-order valence-corrected chi connectivity index (χ0v) is 35.9. The second-order valence-corrected chi connectivity index (χ2v) is 17.5. The fourth-order valence-corrected chi connectivity index (χ4v) is 8.57. The van der Waals surface area contributed by atoms with E-state index >= 15 is 0 Å². The molecule has 0 spiro atoms. The van der Waals surface area contributed by atoms with Crippen molar-refractivity contribution in [1.82, 2.24) is 0 Å². The minimum atomic E-state index is -2.26. The van der Waals surface area contributed by atoms with Gasteiger partial charge in [0.25, 0.3) is 0 Å². The normalized spacial score (nSPS) is 34.0. The highest BCUT2D eigenvalue weighted by molar-refractivity contribution is 5.83. The molecule has 0 aromatic carbocycles. The number of unbranched alkanes of at least 4 members (excludes halogenated alkanes) is 10. The summed E-state index contributed by atoms with van der Waals surface area (Å²) in [5.74, 6) is -4.21. The molecular formula is C45H74O13. The molecule has 4 aliphatic heterocycles. The predicted molar refractivity (Wildman–Crippen MR) is 216 cm³/mol. The summed E-state index contributed by atoms with van der Waals surface area (Å²) >= 11 is 0. The van der Waals surface area contributed by atoms with Gasteiger partial charge in [-0.15, -0.1) is 0 Å². The van der Waals surface area contributed by atoms with E-state index in [-0.39, 0.29) is 56.0 Å². The molecule has 332 valence electrons. The van der Waals surface area contributed by atoms with Crippen LogP contribution in [0.2, 0.25) is 0 Å². The molecule has 6 bridgehead atoms. The van der Waals surface area contributed by atoms with E-state index in [0.29, 0.717) is 25.9 Å². The van der Waals surface area contributed by atoms with Crippen LogP contribution in [0.1, 0.15) is 163 Å². The summed E-state index contributed by atoms with van der Waals surface area (Å²) in [6, 6.07) is 0. The summed E-state index contributed by atoms with van der Waals surface area (Å²) < 4.78 is 42.0. The standard InChI is InChI=1S/C45H74O13/c1-6-7-8-9-10-11-12-13-14-15-16-20-39(48)57-43-32(26-40(49)52-5)25-37-30-38(31(2)46)56-41(50)28-33(47)27-34-18-17-19-35(54-34)29-36-22-24-53-42(55-36)21-23-44(3,4)45(43,51)58-37/h21,23,26,31,33-38,42-43,46-47,51H,6-20,22,24-25,27-30H2,1-5H3/b23-21+,32-26+/t31-,33-,34+,35-,36+,37+,38-,42+,43+,45-/m1/s1. The number of fused-ring (bicyclic) bond motifs is 6. The van der Waals surface area contributed by atoms with Crippen LogP contribution >= 0.6 is 0 Å². The third kappa shape index (κ3) is 15.3. The predicted octanol–water partition coefficient (Wildman–Crippen LogP) is 7.06. The molecule has 4 aliphatic rings. The van der Waals surface area contributed by atoms with Crippen LogP contribution in [-0.2, 0) is 47.5 Å². The average Bonchev–Trinajstić information content (AvgIpc) is 3.17. The Hall–Kier alpha value is -2.39. The van der Waals surface area contributed by atoms with Crippen molar-refractivity contribution < 1.29 is 62.9 Å². The number of hydrogen-bond acceptors (Lipinski definition) is 13. The lowest BCUT2D eigenvalue weighted by atomic mass is 9.74. The third-order valence-electron chi connectivity index (χ3n) is 12.1. The second-order valence-electron chi connectivity index (χ2n) is 17.5. The van der Waals surface area contributed by atoms with Gasteiger partial charge in [-0.2, -0.15) is 0 Å². The number of aliphatic hydroxyl groups excluding tert-OH is 2. The molecular weight excluding hydrogens is 748 g/mol. The van der Waals surface area contributed by atoms with Gasteiger partial charge < -0.3 is 48.5 Å². The summed E-state index contributed by atoms with van der Waals surface area (Å²) in [5.41, 5.74) is -1.05. The highest BCUT2D eigenvalue weighted by Gasteiger charge is 2.57. The van der Waals surface area contributed by atoms with E-state index in [1.807, 2.05) is 0 Å². The number of aliphatic hydroxyl groups is 3. The third-order valence-corrected chi connectivity index (χ3v) is 12.1. The topological polar surface area (TPSA) is 177 Å². The Morgan fingerprint density at radius 2 is 1.53 bits per heavy atom. The Labute approximate surface area is 346 Å². The molecule has 58 heavy (non-hydrogen) atoms. The zero-order valence-electron chi connectivity index (χ0n) is 35.9. The number of ether oxygens (including phenoxy) is 7. The van der Waals surface area contributed by atoms with Gasteiger partial charge in [-0.05, 0) is 63.5 Å². The number of rotatable bonds is 15. The summed E-state index contributed by atoms with van der Waals surface area (Å²) in [5, 5.41) is 34.5. The molecule has 3 fully saturated rings. The Balaban J connectivity index is 1.57. The first kappa shape index (κ1) is 48.3. The first-order valence-electron chi connectivity index (χ1n) is 22.3. The van der Waals surface area contributed by atoms with Gasteiger partial charge in [-0.1, -0.05) is 91.1 Å². The van der Waals surface area contributed by atoms with E-state index in [2.05, 4.69) is 6.92 Å². The van der Waals surface area contributed by atoms with Crippen LogP contribution in [0.15, 0.2) is 23.8 Å². The van der Waals surface area contributed by atoms with Crippen LogP contribution in [0.4, 0.5) is 0 Å². The lowest BCUT2D eigenvalue weighted by Crippen LogP contribution is -2.62. The average molecular weight is 823 g/mol. The number of cyclic esters (lactones) is 1. The number of carbonyl (C=O) groups is 3. The van der Waals surface area contributed by atoms with Crippen molar-refractivity contribution in [3.8, 4) is 0 Å². The first-order valence-corrected chi connectivity index (χ1v) is 22.3. The molecule has 13 heteroatoms. The van der Waals surface area contributed by atoms with E-state index < -0.39 is 65.9 Å². The lowest BCUT2D eigenvalue weighted by molar-refractivity contribution is -0.327. The largest absolute Gasteiger partial charge is 0.466 e. The Kier molecular flexibility index (Phi) is 20.1. The molecule has 0 saturated carbocycles. The number of esters is 3. The van der Waals surface area contributed by atoms with Gasteiger partial charge >= 0.3 is 17.9 Å². The van der Waals surface area contributed by atoms with Crippen LogP contribution in [-0.4, -0.2) is 108 Å². The van der Waals surface area contributed by atoms with Crippen molar-refractivity contribution in [2.45, 2.75) is 223 Å². The van der Waals surface area contributed by atoms with Crippen molar-refractivity contribution >= 4 is 17.9 Å². The summed E-state index contributed by atoms with van der Waals surface area (Å²) in [6.45, 7) is 7.60. The van der Waals surface area contributed by atoms with Gasteiger partial charge in [0, 0.05) is 30.8 Å². The van der Waals surface area contributed by atoms with Crippen LogP contribution < -0.4 is 0 Å². The quantitative estimate of drug-likeness (QED) is 0.0504. The zero-order chi connectivity index (χ0) is 42.1. The van der Waals surface area contributed by atoms with Crippen molar-refractivity contribution in [1.29, 1.82) is 0 Å². The summed E-state index contributed by atoms with van der Waals surface area (Å²) in [6.07, 6.45) is 14.1. The van der Waals surface area contributed by atoms with Crippen molar-refractivity contribution in [3.05, 3.63) is 23.8 Å². The number of hydrogen-bond donors (Lipinski definition) is 3. The maximum atomic E-state index is 13.5. The van der Waals surface area contributed by atoms with Crippen LogP contribution in [0, 0.1) is 5.41 Å². The van der Waals surface area contributed by atoms with Gasteiger partial charge in [0.05, 0.1) is 56.8 Å². The summed E-state index contributed by atoms with van der Waals surface area (Å²) in [4.78, 5) is 39.5. The molecule has 0 radical (unpaired) electrons. The molecule has 0 aromatic heterocycles. The van der Waals surface area contributed by atoms with Gasteiger partial charge in [0.15, 0.2) is 12.4 Å². The fraction of sp³-hybridized carbons (Fsp3) is 0.844. The van der Waals surface area contributed by atoms with E-state index in [4.69, 9.17) is 33.2 Å². The minimum Gasteiger partial charge on any atom is -0.466 e. The fourth-order valence-electron chi connectivity index (χ4n) is 8.57. The van der Waals surface area contributed by atoms with Crippen molar-refractivity contribution in [2.75, 3.05) is 13.7 Å².